The van der Waals surface area contributed by atoms with Crippen molar-refractivity contribution in [1.29, 1.82) is 0 Å². The second-order valence-electron chi connectivity index (χ2n) is 6.29. The molecule has 3 aromatic rings. The van der Waals surface area contributed by atoms with Crippen LogP contribution in [0.2, 0.25) is 0 Å². The van der Waals surface area contributed by atoms with Crippen molar-refractivity contribution >= 4 is 22.4 Å². The lowest BCUT2D eigenvalue weighted by Gasteiger charge is -2.20. The van der Waals surface area contributed by atoms with Gasteiger partial charge in [0, 0.05) is 31.2 Å². The third kappa shape index (κ3) is 4.33. The van der Waals surface area contributed by atoms with Crippen LogP contribution in [0.1, 0.15) is 6.92 Å². The Kier molecular flexibility index (Phi) is 5.74. The Morgan fingerprint density at radius 2 is 1.69 bits per heavy atom. The summed E-state index contributed by atoms with van der Waals surface area (Å²) in [5, 5.41) is 5.06. The first-order chi connectivity index (χ1) is 12.6. The van der Waals surface area contributed by atoms with Crippen LogP contribution >= 0.6 is 0 Å². The summed E-state index contributed by atoms with van der Waals surface area (Å²) in [6.07, 6.45) is -0.553. The summed E-state index contributed by atoms with van der Waals surface area (Å²) in [4.78, 5) is 14.5. The van der Waals surface area contributed by atoms with Gasteiger partial charge in [0.1, 0.15) is 5.75 Å². The number of nitrogens with one attached hydrogen (secondary N) is 1. The molecule has 3 rings (SSSR count). The number of anilines is 1. The zero-order chi connectivity index (χ0) is 18.4. The van der Waals surface area contributed by atoms with Gasteiger partial charge in [0.25, 0.3) is 5.91 Å². The van der Waals surface area contributed by atoms with Gasteiger partial charge in [-0.05, 0) is 30.5 Å². The minimum atomic E-state index is -0.553. The van der Waals surface area contributed by atoms with E-state index in [0.29, 0.717) is 6.54 Å². The van der Waals surface area contributed by atoms with Gasteiger partial charge in [0.2, 0.25) is 0 Å². The number of likely N-dealkylation sites (N-methyl/N-ethyl adjacent to an activating group) is 1. The van der Waals surface area contributed by atoms with Crippen molar-refractivity contribution in [3.63, 3.8) is 0 Å². The third-order valence-electron chi connectivity index (χ3n) is 4.37. The van der Waals surface area contributed by atoms with Crippen molar-refractivity contribution in [1.82, 2.24) is 5.32 Å². The zero-order valence-corrected chi connectivity index (χ0v) is 15.2. The molecular formula is C22H24N2O2. The van der Waals surface area contributed by atoms with Crippen LogP contribution in [0.15, 0.2) is 72.8 Å². The SMILES string of the molecule is CC(Oc1cccc2ccccc12)C(=O)NCCN(C)c1ccccc1. The Hall–Kier alpha value is -3.01. The van der Waals surface area contributed by atoms with Crippen molar-refractivity contribution in [2.24, 2.45) is 0 Å². The van der Waals surface area contributed by atoms with E-state index >= 15 is 0 Å². The summed E-state index contributed by atoms with van der Waals surface area (Å²) in [7, 11) is 2.01. The Labute approximate surface area is 154 Å². The van der Waals surface area contributed by atoms with Gasteiger partial charge in [-0.2, -0.15) is 0 Å². The van der Waals surface area contributed by atoms with E-state index in [9.17, 15) is 4.79 Å². The number of hydrogen-bond donors (Lipinski definition) is 1. The molecule has 0 spiro atoms. The summed E-state index contributed by atoms with van der Waals surface area (Å²) in [6.45, 7) is 3.07. The fraction of sp³-hybridized carbons (Fsp3) is 0.227. The van der Waals surface area contributed by atoms with Gasteiger partial charge >= 0.3 is 0 Å². The topological polar surface area (TPSA) is 41.6 Å². The number of rotatable bonds is 7. The van der Waals surface area contributed by atoms with Gasteiger partial charge in [-0.15, -0.1) is 0 Å². The maximum atomic E-state index is 12.3. The highest BCUT2D eigenvalue weighted by Crippen LogP contribution is 2.26. The van der Waals surface area contributed by atoms with Crippen LogP contribution in [-0.2, 0) is 4.79 Å². The molecule has 1 atom stereocenters. The summed E-state index contributed by atoms with van der Waals surface area (Å²) < 4.78 is 5.91. The number of amides is 1. The van der Waals surface area contributed by atoms with E-state index in [-0.39, 0.29) is 5.91 Å². The molecular weight excluding hydrogens is 324 g/mol. The van der Waals surface area contributed by atoms with Gasteiger partial charge in [-0.1, -0.05) is 54.6 Å². The van der Waals surface area contributed by atoms with Crippen LogP contribution in [-0.4, -0.2) is 32.1 Å². The largest absolute Gasteiger partial charge is 0.480 e. The summed E-state index contributed by atoms with van der Waals surface area (Å²) in [5.74, 6) is 0.617. The van der Waals surface area contributed by atoms with E-state index in [0.717, 1.165) is 28.8 Å². The molecule has 4 nitrogen and oxygen atoms in total. The minimum absolute atomic E-state index is 0.112. The number of carbonyl (C=O) groups excluding carboxylic acids is 1. The molecule has 0 aliphatic carbocycles. The number of benzene rings is 3. The molecule has 0 saturated carbocycles. The molecule has 26 heavy (non-hydrogen) atoms. The van der Waals surface area contributed by atoms with Crippen LogP contribution in [0.4, 0.5) is 5.69 Å². The Morgan fingerprint density at radius 3 is 2.50 bits per heavy atom. The summed E-state index contributed by atoms with van der Waals surface area (Å²) in [5.41, 5.74) is 1.13. The molecule has 0 aliphatic rings. The normalized spacial score (nSPS) is 11.8. The van der Waals surface area contributed by atoms with Crippen molar-refractivity contribution in [3.05, 3.63) is 72.8 Å². The lowest BCUT2D eigenvalue weighted by atomic mass is 10.1. The van der Waals surface area contributed by atoms with Crippen LogP contribution < -0.4 is 15.0 Å². The average Bonchev–Trinajstić information content (AvgIpc) is 2.68. The minimum Gasteiger partial charge on any atom is -0.480 e. The van der Waals surface area contributed by atoms with E-state index in [1.165, 1.54) is 0 Å². The predicted octanol–water partition coefficient (Wildman–Crippen LogP) is 3.86. The van der Waals surface area contributed by atoms with Gasteiger partial charge in [0.15, 0.2) is 6.10 Å². The van der Waals surface area contributed by atoms with Gasteiger partial charge in [-0.25, -0.2) is 0 Å². The first-order valence-electron chi connectivity index (χ1n) is 8.83. The monoisotopic (exact) mass is 348 g/mol. The van der Waals surface area contributed by atoms with E-state index in [1.54, 1.807) is 6.92 Å². The molecule has 0 saturated heterocycles. The Balaban J connectivity index is 1.53. The molecule has 0 heterocycles. The fourth-order valence-electron chi connectivity index (χ4n) is 2.84. The van der Waals surface area contributed by atoms with Crippen molar-refractivity contribution in [3.8, 4) is 5.75 Å². The lowest BCUT2D eigenvalue weighted by molar-refractivity contribution is -0.127. The number of carbonyl (C=O) groups is 1. The number of nitrogens with zero attached hydrogens (tertiary/aromatic N) is 1. The first-order valence-corrected chi connectivity index (χ1v) is 8.83. The van der Waals surface area contributed by atoms with Crippen LogP contribution in [0.5, 0.6) is 5.75 Å². The molecule has 0 fully saturated rings. The van der Waals surface area contributed by atoms with Crippen molar-refractivity contribution in [2.75, 3.05) is 25.0 Å². The van der Waals surface area contributed by atoms with E-state index in [4.69, 9.17) is 4.74 Å². The molecule has 0 bridgehead atoms. The van der Waals surface area contributed by atoms with E-state index in [1.807, 2.05) is 79.8 Å². The van der Waals surface area contributed by atoms with Gasteiger partial charge in [0.05, 0.1) is 0 Å². The maximum Gasteiger partial charge on any atom is 0.260 e. The van der Waals surface area contributed by atoms with E-state index in [2.05, 4.69) is 10.2 Å². The number of ether oxygens (including phenoxy) is 1. The molecule has 0 aromatic heterocycles. The number of hydrogen-bond acceptors (Lipinski definition) is 3. The lowest BCUT2D eigenvalue weighted by Crippen LogP contribution is -2.40. The van der Waals surface area contributed by atoms with Crippen molar-refractivity contribution in [2.45, 2.75) is 13.0 Å². The number of para-hydroxylation sites is 1. The Morgan fingerprint density at radius 1 is 1.00 bits per heavy atom. The maximum absolute atomic E-state index is 12.3. The average molecular weight is 348 g/mol. The van der Waals surface area contributed by atoms with Gasteiger partial charge < -0.3 is 15.0 Å². The third-order valence-corrected chi connectivity index (χ3v) is 4.37. The molecule has 0 aliphatic heterocycles. The molecule has 0 radical (unpaired) electrons. The van der Waals surface area contributed by atoms with Crippen molar-refractivity contribution < 1.29 is 9.53 Å². The molecule has 3 aromatic carbocycles. The summed E-state index contributed by atoms with van der Waals surface area (Å²) in [6, 6.07) is 24.0. The number of fused-ring (bicyclic) bond motifs is 1. The zero-order valence-electron chi connectivity index (χ0n) is 15.2. The van der Waals surface area contributed by atoms with Crippen LogP contribution in [0, 0.1) is 0 Å². The molecule has 4 heteroatoms. The van der Waals surface area contributed by atoms with E-state index < -0.39 is 6.10 Å². The highest BCUT2D eigenvalue weighted by atomic mass is 16.5. The molecule has 1 N–H and O–H groups in total. The smallest absolute Gasteiger partial charge is 0.260 e. The molecule has 1 unspecified atom stereocenters. The highest BCUT2D eigenvalue weighted by Gasteiger charge is 2.15. The Bertz CT molecular complexity index is 859. The fourth-order valence-corrected chi connectivity index (χ4v) is 2.84. The van der Waals surface area contributed by atoms with Crippen LogP contribution in [0.3, 0.4) is 0 Å². The quantitative estimate of drug-likeness (QED) is 0.705. The second kappa shape index (κ2) is 8.39. The van der Waals surface area contributed by atoms with Gasteiger partial charge in [-0.3, -0.25) is 4.79 Å². The van der Waals surface area contributed by atoms with Crippen LogP contribution in [0.25, 0.3) is 10.8 Å². The second-order valence-corrected chi connectivity index (χ2v) is 6.29. The highest BCUT2D eigenvalue weighted by molar-refractivity contribution is 5.89. The molecule has 134 valence electrons. The molecule has 1 amide bonds. The first kappa shape index (κ1) is 17.8. The standard InChI is InChI=1S/C22H24N2O2/c1-17(26-21-14-8-10-18-9-6-7-13-20(18)21)22(25)23-15-16-24(2)19-11-4-3-5-12-19/h3-14,17H,15-16H2,1-2H3,(H,23,25). The predicted molar refractivity (Wildman–Crippen MR) is 107 cm³/mol. The summed E-state index contributed by atoms with van der Waals surface area (Å²) >= 11 is 0.